The Kier molecular flexibility index (Phi) is 3.81. The van der Waals surface area contributed by atoms with Crippen LogP contribution in [0.2, 0.25) is 0 Å². The van der Waals surface area contributed by atoms with Gasteiger partial charge in [-0.15, -0.1) is 0 Å². The van der Waals surface area contributed by atoms with Gasteiger partial charge in [-0.2, -0.15) is 5.06 Å². The van der Waals surface area contributed by atoms with Crippen molar-refractivity contribution >= 4 is 0 Å². The average Bonchev–Trinajstić information content (AvgIpc) is 2.25. The number of hydrogen-bond acceptors (Lipinski definition) is 3. The van der Waals surface area contributed by atoms with Crippen LogP contribution >= 0.6 is 0 Å². The lowest BCUT2D eigenvalue weighted by Gasteiger charge is -2.52. The highest BCUT2D eigenvalue weighted by molar-refractivity contribution is 4.96. The Labute approximate surface area is 106 Å². The third kappa shape index (κ3) is 3.01. The standard InChI is InChI=1S/C14H28N2O/c1-13(2)10-15-11-14(3,4)16(13)17-12-8-6-5-7-9-12/h12,15H,5-11H2,1-4H3. The quantitative estimate of drug-likeness (QED) is 0.803. The summed E-state index contributed by atoms with van der Waals surface area (Å²) in [6, 6.07) is 0. The molecule has 1 heterocycles. The SMILES string of the molecule is CC1(C)CNCC(C)(C)N1OC1CCCCC1. The van der Waals surface area contributed by atoms with E-state index in [0.29, 0.717) is 6.10 Å². The van der Waals surface area contributed by atoms with Crippen molar-refractivity contribution in [3.63, 3.8) is 0 Å². The molecule has 3 heteroatoms. The first kappa shape index (κ1) is 13.3. The van der Waals surface area contributed by atoms with Crippen molar-refractivity contribution in [2.45, 2.75) is 77.0 Å². The van der Waals surface area contributed by atoms with Gasteiger partial charge in [-0.05, 0) is 40.5 Å². The van der Waals surface area contributed by atoms with Crippen LogP contribution in [0.5, 0.6) is 0 Å². The van der Waals surface area contributed by atoms with Crippen LogP contribution in [0.25, 0.3) is 0 Å². The summed E-state index contributed by atoms with van der Waals surface area (Å²) in [5.74, 6) is 0. The Balaban J connectivity index is 2.03. The van der Waals surface area contributed by atoms with Gasteiger partial charge in [0.15, 0.2) is 0 Å². The van der Waals surface area contributed by atoms with E-state index in [-0.39, 0.29) is 11.1 Å². The van der Waals surface area contributed by atoms with Crippen LogP contribution in [0.15, 0.2) is 0 Å². The smallest absolute Gasteiger partial charge is 0.0793 e. The fraction of sp³-hybridized carbons (Fsp3) is 1.00. The molecule has 0 aromatic rings. The highest BCUT2D eigenvalue weighted by atomic mass is 16.7. The van der Waals surface area contributed by atoms with Crippen molar-refractivity contribution in [2.75, 3.05) is 13.1 Å². The van der Waals surface area contributed by atoms with Crippen molar-refractivity contribution < 1.29 is 4.84 Å². The van der Waals surface area contributed by atoms with Crippen LogP contribution in [0, 0.1) is 0 Å². The number of rotatable bonds is 2. The first-order valence-corrected chi connectivity index (χ1v) is 7.10. The molecular formula is C14H28N2O. The molecule has 3 nitrogen and oxygen atoms in total. The highest BCUT2D eigenvalue weighted by Crippen LogP contribution is 2.32. The summed E-state index contributed by atoms with van der Waals surface area (Å²) in [6.07, 6.45) is 6.95. The van der Waals surface area contributed by atoms with Crippen molar-refractivity contribution in [3.8, 4) is 0 Å². The van der Waals surface area contributed by atoms with Gasteiger partial charge in [0.1, 0.15) is 0 Å². The van der Waals surface area contributed by atoms with E-state index in [4.69, 9.17) is 4.84 Å². The van der Waals surface area contributed by atoms with Gasteiger partial charge in [0.25, 0.3) is 0 Å². The molecule has 2 aliphatic rings. The van der Waals surface area contributed by atoms with E-state index >= 15 is 0 Å². The summed E-state index contributed by atoms with van der Waals surface area (Å²) >= 11 is 0. The molecule has 0 spiro atoms. The second kappa shape index (κ2) is 4.87. The molecule has 0 aromatic heterocycles. The molecule has 1 saturated heterocycles. The van der Waals surface area contributed by atoms with Crippen LogP contribution in [0.1, 0.15) is 59.8 Å². The number of nitrogens with one attached hydrogen (secondary N) is 1. The minimum atomic E-state index is 0.0825. The summed E-state index contributed by atoms with van der Waals surface area (Å²) in [4.78, 5) is 6.36. The molecule has 1 saturated carbocycles. The van der Waals surface area contributed by atoms with E-state index in [1.165, 1.54) is 32.1 Å². The van der Waals surface area contributed by atoms with Crippen LogP contribution in [0.4, 0.5) is 0 Å². The zero-order valence-electron chi connectivity index (χ0n) is 11.9. The van der Waals surface area contributed by atoms with E-state index in [0.717, 1.165) is 13.1 Å². The average molecular weight is 240 g/mol. The van der Waals surface area contributed by atoms with E-state index in [1.54, 1.807) is 0 Å². The molecule has 2 rings (SSSR count). The second-order valence-corrected chi connectivity index (χ2v) is 6.89. The normalized spacial score (nSPS) is 30.4. The molecule has 0 amide bonds. The molecule has 0 aromatic carbocycles. The monoisotopic (exact) mass is 240 g/mol. The molecule has 0 atom stereocenters. The van der Waals surface area contributed by atoms with Gasteiger partial charge in [-0.1, -0.05) is 19.3 Å². The zero-order valence-corrected chi connectivity index (χ0v) is 11.9. The second-order valence-electron chi connectivity index (χ2n) is 6.89. The van der Waals surface area contributed by atoms with Crippen LogP contribution < -0.4 is 5.32 Å². The maximum absolute atomic E-state index is 6.36. The molecular weight excluding hydrogens is 212 g/mol. The predicted molar refractivity (Wildman–Crippen MR) is 70.8 cm³/mol. The summed E-state index contributed by atoms with van der Waals surface area (Å²) in [7, 11) is 0. The highest BCUT2D eigenvalue weighted by Gasteiger charge is 2.43. The predicted octanol–water partition coefficient (Wildman–Crippen LogP) is 2.71. The molecule has 1 aliphatic carbocycles. The summed E-state index contributed by atoms with van der Waals surface area (Å²) in [5, 5.41) is 5.78. The van der Waals surface area contributed by atoms with Gasteiger partial charge >= 0.3 is 0 Å². The Morgan fingerprint density at radius 1 is 0.941 bits per heavy atom. The topological polar surface area (TPSA) is 24.5 Å². The van der Waals surface area contributed by atoms with E-state index in [1.807, 2.05) is 0 Å². The third-order valence-corrected chi connectivity index (χ3v) is 4.02. The minimum Gasteiger partial charge on any atom is -0.313 e. The lowest BCUT2D eigenvalue weighted by atomic mass is 9.92. The van der Waals surface area contributed by atoms with Crippen LogP contribution in [0.3, 0.4) is 0 Å². The summed E-state index contributed by atoms with van der Waals surface area (Å²) in [5.41, 5.74) is 0.165. The van der Waals surface area contributed by atoms with Gasteiger partial charge in [0.05, 0.1) is 17.2 Å². The fourth-order valence-electron chi connectivity index (χ4n) is 3.24. The van der Waals surface area contributed by atoms with Crippen molar-refractivity contribution in [2.24, 2.45) is 0 Å². The third-order valence-electron chi connectivity index (χ3n) is 4.02. The Hall–Kier alpha value is -0.120. The lowest BCUT2D eigenvalue weighted by Crippen LogP contribution is -2.68. The van der Waals surface area contributed by atoms with Crippen LogP contribution in [-0.2, 0) is 4.84 Å². The van der Waals surface area contributed by atoms with Crippen molar-refractivity contribution in [1.29, 1.82) is 0 Å². The maximum atomic E-state index is 6.36. The lowest BCUT2D eigenvalue weighted by molar-refractivity contribution is -0.302. The summed E-state index contributed by atoms with van der Waals surface area (Å²) in [6.45, 7) is 11.1. The molecule has 100 valence electrons. The number of hydroxylamine groups is 2. The number of nitrogens with zero attached hydrogens (tertiary/aromatic N) is 1. The van der Waals surface area contributed by atoms with Gasteiger partial charge < -0.3 is 5.32 Å². The first-order valence-electron chi connectivity index (χ1n) is 7.10. The zero-order chi connectivity index (χ0) is 12.5. The van der Waals surface area contributed by atoms with Crippen LogP contribution in [-0.4, -0.2) is 35.3 Å². The van der Waals surface area contributed by atoms with Crippen molar-refractivity contribution in [3.05, 3.63) is 0 Å². The largest absolute Gasteiger partial charge is 0.313 e. The van der Waals surface area contributed by atoms with E-state index < -0.39 is 0 Å². The van der Waals surface area contributed by atoms with Crippen molar-refractivity contribution in [1.82, 2.24) is 10.4 Å². The molecule has 0 bridgehead atoms. The van der Waals surface area contributed by atoms with E-state index in [9.17, 15) is 0 Å². The van der Waals surface area contributed by atoms with Gasteiger partial charge in [-0.3, -0.25) is 4.84 Å². The minimum absolute atomic E-state index is 0.0825. The molecule has 2 fully saturated rings. The number of hydrogen-bond donors (Lipinski definition) is 1. The van der Waals surface area contributed by atoms with Gasteiger partial charge in [0, 0.05) is 13.1 Å². The fourth-order valence-corrected chi connectivity index (χ4v) is 3.24. The Morgan fingerprint density at radius 2 is 1.47 bits per heavy atom. The summed E-state index contributed by atoms with van der Waals surface area (Å²) < 4.78 is 0. The van der Waals surface area contributed by atoms with Gasteiger partial charge in [0.2, 0.25) is 0 Å². The molecule has 1 N–H and O–H groups in total. The van der Waals surface area contributed by atoms with Gasteiger partial charge in [-0.25, -0.2) is 0 Å². The number of piperazine rings is 1. The molecule has 0 radical (unpaired) electrons. The molecule has 0 unspecified atom stereocenters. The maximum Gasteiger partial charge on any atom is 0.0793 e. The first-order chi connectivity index (χ1) is 7.92. The Morgan fingerprint density at radius 3 is 2.00 bits per heavy atom. The molecule has 1 aliphatic heterocycles. The van der Waals surface area contributed by atoms with E-state index in [2.05, 4.69) is 38.1 Å². The molecule has 17 heavy (non-hydrogen) atoms. The Bertz CT molecular complexity index is 241.